The van der Waals surface area contributed by atoms with Crippen LogP contribution in [0.1, 0.15) is 13.8 Å². The molecule has 66 valence electrons. The van der Waals surface area contributed by atoms with Gasteiger partial charge in [0.2, 0.25) is 11.9 Å². The molecule has 0 saturated heterocycles. The molecule has 0 spiro atoms. The van der Waals surface area contributed by atoms with Crippen molar-refractivity contribution in [2.75, 3.05) is 6.54 Å². The minimum absolute atomic E-state index is 0.222. The summed E-state index contributed by atoms with van der Waals surface area (Å²) < 4.78 is 0. The Labute approximate surface area is 70.2 Å². The van der Waals surface area contributed by atoms with Crippen LogP contribution in [-0.2, 0) is 9.59 Å². The maximum absolute atomic E-state index is 10.8. The van der Waals surface area contributed by atoms with Gasteiger partial charge in [-0.3, -0.25) is 4.79 Å². The highest BCUT2D eigenvalue weighted by Gasteiger charge is 2.25. The molecule has 5 heteroatoms. The van der Waals surface area contributed by atoms with Crippen molar-refractivity contribution in [3.63, 3.8) is 0 Å². The van der Waals surface area contributed by atoms with E-state index < -0.39 is 17.9 Å². The Kier molecular flexibility index (Phi) is 3.77. The first-order valence-corrected chi connectivity index (χ1v) is 3.44. The Bertz CT molecular complexity index is 231. The van der Waals surface area contributed by atoms with Crippen molar-refractivity contribution in [2.24, 2.45) is 0 Å². The number of hydrogen-bond acceptors (Lipinski definition) is 3. The number of hydrogen-bond donors (Lipinski definition) is 1. The quantitative estimate of drug-likeness (QED) is 0.637. The molecule has 0 aliphatic rings. The Morgan fingerprint density at radius 2 is 2.17 bits per heavy atom. The minimum Gasteiger partial charge on any atom is -0.479 e. The SMILES string of the molecule is CCN(C(C)=O)C(C#N)C(=O)O. The third kappa shape index (κ3) is 2.23. The number of nitriles is 1. The summed E-state index contributed by atoms with van der Waals surface area (Å²) in [5.74, 6) is -1.71. The molecule has 0 radical (unpaired) electrons. The minimum atomic E-state index is -1.37. The van der Waals surface area contributed by atoms with E-state index >= 15 is 0 Å². The third-order valence-corrected chi connectivity index (χ3v) is 1.41. The number of aliphatic carboxylic acids is 1. The number of carbonyl (C=O) groups is 2. The molecule has 1 atom stereocenters. The first kappa shape index (κ1) is 10.4. The van der Waals surface area contributed by atoms with Gasteiger partial charge in [0.1, 0.15) is 0 Å². The predicted octanol–water partition coefficient (Wildman–Crippen LogP) is -0.168. The van der Waals surface area contributed by atoms with E-state index in [0.717, 1.165) is 4.90 Å². The van der Waals surface area contributed by atoms with Crippen LogP contribution in [0.2, 0.25) is 0 Å². The number of carboxylic acids is 1. The van der Waals surface area contributed by atoms with E-state index in [2.05, 4.69) is 0 Å². The topological polar surface area (TPSA) is 81.4 Å². The van der Waals surface area contributed by atoms with E-state index in [1.54, 1.807) is 6.92 Å². The van der Waals surface area contributed by atoms with Gasteiger partial charge >= 0.3 is 5.97 Å². The summed E-state index contributed by atoms with van der Waals surface area (Å²) in [5.41, 5.74) is 0. The van der Waals surface area contributed by atoms with Crippen molar-refractivity contribution < 1.29 is 14.7 Å². The maximum atomic E-state index is 10.8. The Balaban J connectivity index is 4.59. The average Bonchev–Trinajstić information content (AvgIpc) is 1.98. The first-order valence-electron chi connectivity index (χ1n) is 3.44. The van der Waals surface area contributed by atoms with Crippen LogP contribution in [0.4, 0.5) is 0 Å². The Hall–Kier alpha value is -1.57. The molecule has 12 heavy (non-hydrogen) atoms. The molecule has 0 bridgehead atoms. The lowest BCUT2D eigenvalue weighted by Crippen LogP contribution is -2.42. The van der Waals surface area contributed by atoms with Crippen molar-refractivity contribution in [3.8, 4) is 6.07 Å². The van der Waals surface area contributed by atoms with Gasteiger partial charge in [-0.05, 0) is 6.92 Å². The molecule has 0 aromatic rings. The summed E-state index contributed by atoms with van der Waals surface area (Å²) in [6, 6.07) is 0.171. The van der Waals surface area contributed by atoms with Crippen molar-refractivity contribution >= 4 is 11.9 Å². The molecule has 0 aliphatic carbocycles. The number of likely N-dealkylation sites (N-methyl/N-ethyl adjacent to an activating group) is 1. The molecule has 5 nitrogen and oxygen atoms in total. The van der Waals surface area contributed by atoms with Crippen LogP contribution in [0, 0.1) is 11.3 Å². The molecule has 1 amide bonds. The zero-order chi connectivity index (χ0) is 9.72. The highest BCUT2D eigenvalue weighted by atomic mass is 16.4. The molecular formula is C7H10N2O3. The molecule has 0 heterocycles. The van der Waals surface area contributed by atoms with Crippen LogP contribution < -0.4 is 0 Å². The first-order chi connectivity index (χ1) is 5.54. The van der Waals surface area contributed by atoms with E-state index in [0.29, 0.717) is 0 Å². The molecule has 0 aromatic heterocycles. The highest BCUT2D eigenvalue weighted by Crippen LogP contribution is 1.98. The van der Waals surface area contributed by atoms with Crippen LogP contribution in [0.25, 0.3) is 0 Å². The largest absolute Gasteiger partial charge is 0.479 e. The molecule has 1 unspecified atom stereocenters. The van der Waals surface area contributed by atoms with Gasteiger partial charge in [0.05, 0.1) is 6.07 Å². The summed E-state index contributed by atoms with van der Waals surface area (Å²) >= 11 is 0. The molecule has 0 aliphatic heterocycles. The number of rotatable bonds is 3. The van der Waals surface area contributed by atoms with Crippen LogP contribution in [0.5, 0.6) is 0 Å². The van der Waals surface area contributed by atoms with Crippen molar-refractivity contribution in [1.29, 1.82) is 5.26 Å². The standard InChI is InChI=1S/C7H10N2O3/c1-3-9(5(2)10)6(4-8)7(11)12/h6H,3H2,1-2H3,(H,11,12). The van der Waals surface area contributed by atoms with Gasteiger partial charge in [-0.15, -0.1) is 0 Å². The molecule has 0 aromatic carbocycles. The van der Waals surface area contributed by atoms with Crippen molar-refractivity contribution in [2.45, 2.75) is 19.9 Å². The maximum Gasteiger partial charge on any atom is 0.341 e. The summed E-state index contributed by atoms with van der Waals surface area (Å²) in [6.45, 7) is 3.07. The van der Waals surface area contributed by atoms with Crippen LogP contribution in [0.15, 0.2) is 0 Å². The van der Waals surface area contributed by atoms with E-state index in [4.69, 9.17) is 10.4 Å². The molecular weight excluding hydrogens is 160 g/mol. The second kappa shape index (κ2) is 4.34. The van der Waals surface area contributed by atoms with E-state index in [-0.39, 0.29) is 6.54 Å². The van der Waals surface area contributed by atoms with Gasteiger partial charge in [-0.1, -0.05) is 0 Å². The second-order valence-electron chi connectivity index (χ2n) is 2.17. The molecule has 1 N–H and O–H groups in total. The lowest BCUT2D eigenvalue weighted by Gasteiger charge is -2.20. The third-order valence-electron chi connectivity index (χ3n) is 1.41. The fourth-order valence-corrected chi connectivity index (χ4v) is 0.845. The summed E-state index contributed by atoms with van der Waals surface area (Å²) in [4.78, 5) is 22.2. The summed E-state index contributed by atoms with van der Waals surface area (Å²) in [6.07, 6.45) is 0. The normalized spacial score (nSPS) is 11.4. The van der Waals surface area contributed by atoms with Gasteiger partial charge in [0.15, 0.2) is 0 Å². The van der Waals surface area contributed by atoms with E-state index in [1.165, 1.54) is 13.0 Å². The lowest BCUT2D eigenvalue weighted by molar-refractivity contribution is -0.146. The van der Waals surface area contributed by atoms with Crippen LogP contribution in [-0.4, -0.2) is 34.5 Å². The summed E-state index contributed by atoms with van der Waals surface area (Å²) in [7, 11) is 0. The highest BCUT2D eigenvalue weighted by molar-refractivity contribution is 5.84. The molecule has 0 rings (SSSR count). The number of carbonyl (C=O) groups excluding carboxylic acids is 1. The average molecular weight is 170 g/mol. The molecule has 0 fully saturated rings. The number of amides is 1. The predicted molar refractivity (Wildman–Crippen MR) is 40.1 cm³/mol. The Morgan fingerprint density at radius 3 is 2.25 bits per heavy atom. The smallest absolute Gasteiger partial charge is 0.341 e. The van der Waals surface area contributed by atoms with Gasteiger partial charge in [0.25, 0.3) is 0 Å². The van der Waals surface area contributed by atoms with Crippen molar-refractivity contribution in [3.05, 3.63) is 0 Å². The van der Waals surface area contributed by atoms with Gasteiger partial charge in [0, 0.05) is 13.5 Å². The lowest BCUT2D eigenvalue weighted by atomic mass is 10.3. The monoisotopic (exact) mass is 170 g/mol. The van der Waals surface area contributed by atoms with Crippen LogP contribution in [0.3, 0.4) is 0 Å². The van der Waals surface area contributed by atoms with Crippen molar-refractivity contribution in [1.82, 2.24) is 4.90 Å². The number of carboxylic acid groups (broad SMARTS) is 1. The van der Waals surface area contributed by atoms with E-state index in [1.807, 2.05) is 0 Å². The zero-order valence-corrected chi connectivity index (χ0v) is 6.94. The fourth-order valence-electron chi connectivity index (χ4n) is 0.845. The van der Waals surface area contributed by atoms with Gasteiger partial charge < -0.3 is 10.0 Å². The second-order valence-corrected chi connectivity index (χ2v) is 2.17. The fraction of sp³-hybridized carbons (Fsp3) is 0.571. The van der Waals surface area contributed by atoms with Gasteiger partial charge in [-0.25, -0.2) is 4.79 Å². The number of nitrogens with zero attached hydrogens (tertiary/aromatic N) is 2. The zero-order valence-electron chi connectivity index (χ0n) is 6.94. The van der Waals surface area contributed by atoms with E-state index in [9.17, 15) is 9.59 Å². The van der Waals surface area contributed by atoms with Crippen LogP contribution >= 0.6 is 0 Å². The Morgan fingerprint density at radius 1 is 1.67 bits per heavy atom. The van der Waals surface area contributed by atoms with Gasteiger partial charge in [-0.2, -0.15) is 5.26 Å². The summed E-state index contributed by atoms with van der Waals surface area (Å²) in [5, 5.41) is 16.9. The molecule has 0 saturated carbocycles.